The summed E-state index contributed by atoms with van der Waals surface area (Å²) in [5, 5.41) is 14.0. The van der Waals surface area contributed by atoms with Gasteiger partial charge in [-0.3, -0.25) is 4.90 Å². The van der Waals surface area contributed by atoms with Crippen LogP contribution in [-0.4, -0.2) is 88.8 Å². The molecule has 1 amide bonds. The molecule has 2 aromatic heterocycles. The molecule has 0 saturated carbocycles. The summed E-state index contributed by atoms with van der Waals surface area (Å²) >= 11 is 0. The van der Waals surface area contributed by atoms with E-state index < -0.39 is 23.9 Å². The summed E-state index contributed by atoms with van der Waals surface area (Å²) < 4.78 is 25.7. The average Bonchev–Trinajstić information content (AvgIpc) is 3.29. The molecule has 0 radical (unpaired) electrons. The second kappa shape index (κ2) is 9.58. The SMILES string of the molecule is CC(C)(C)OC(=O)N1CCN(CCOc2cc(B3OC(C)(C)C(C)(C)O3)c3c(C#N)cnn3c2)CC1. The molecule has 2 aliphatic heterocycles. The molecule has 0 spiro atoms. The number of pyridine rings is 1. The van der Waals surface area contributed by atoms with Crippen molar-refractivity contribution in [3.63, 3.8) is 0 Å². The van der Waals surface area contributed by atoms with Crippen molar-refractivity contribution in [3.8, 4) is 11.8 Å². The number of carbonyl (C=O) groups is 1. The fraction of sp³-hybridized carbons (Fsp3) is 0.640. The van der Waals surface area contributed by atoms with E-state index in [2.05, 4.69) is 16.1 Å². The Bertz CT molecular complexity index is 1140. The summed E-state index contributed by atoms with van der Waals surface area (Å²) in [6.07, 6.45) is 3.04. The van der Waals surface area contributed by atoms with Gasteiger partial charge in [0, 0.05) is 38.2 Å². The minimum absolute atomic E-state index is 0.266. The van der Waals surface area contributed by atoms with Gasteiger partial charge >= 0.3 is 13.2 Å². The molecule has 10 nitrogen and oxygen atoms in total. The second-order valence-corrected chi connectivity index (χ2v) is 11.3. The third kappa shape index (κ3) is 5.46. The van der Waals surface area contributed by atoms with Gasteiger partial charge in [-0.15, -0.1) is 0 Å². The number of nitriles is 1. The Labute approximate surface area is 213 Å². The lowest BCUT2D eigenvalue weighted by Gasteiger charge is -2.35. The van der Waals surface area contributed by atoms with Gasteiger partial charge in [-0.25, -0.2) is 9.31 Å². The van der Waals surface area contributed by atoms with Gasteiger partial charge in [-0.1, -0.05) is 0 Å². The predicted molar refractivity (Wildman–Crippen MR) is 135 cm³/mol. The van der Waals surface area contributed by atoms with Crippen LogP contribution in [0.1, 0.15) is 54.0 Å². The number of aromatic nitrogens is 2. The minimum atomic E-state index is -0.647. The van der Waals surface area contributed by atoms with Crippen LogP contribution in [-0.2, 0) is 14.0 Å². The van der Waals surface area contributed by atoms with E-state index in [0.29, 0.717) is 48.5 Å². The van der Waals surface area contributed by atoms with Crippen LogP contribution in [0, 0.1) is 11.3 Å². The van der Waals surface area contributed by atoms with Gasteiger partial charge in [0.25, 0.3) is 0 Å². The molecule has 0 aliphatic carbocycles. The number of hydrogen-bond donors (Lipinski definition) is 0. The second-order valence-electron chi connectivity index (χ2n) is 11.3. The lowest BCUT2D eigenvalue weighted by molar-refractivity contribution is 0.00578. The Morgan fingerprint density at radius 2 is 1.81 bits per heavy atom. The van der Waals surface area contributed by atoms with E-state index in [-0.39, 0.29) is 6.09 Å². The van der Waals surface area contributed by atoms with E-state index in [9.17, 15) is 10.1 Å². The van der Waals surface area contributed by atoms with Crippen molar-refractivity contribution >= 4 is 24.2 Å². The van der Waals surface area contributed by atoms with Crippen molar-refractivity contribution in [2.75, 3.05) is 39.3 Å². The van der Waals surface area contributed by atoms with Gasteiger partial charge in [0.05, 0.1) is 34.7 Å². The molecule has 4 rings (SSSR count). The molecule has 36 heavy (non-hydrogen) atoms. The van der Waals surface area contributed by atoms with Gasteiger partial charge < -0.3 is 23.7 Å². The number of carbonyl (C=O) groups excluding carboxylic acids is 1. The third-order valence-corrected chi connectivity index (χ3v) is 6.94. The highest BCUT2D eigenvalue weighted by atomic mass is 16.7. The van der Waals surface area contributed by atoms with Gasteiger partial charge in [0.15, 0.2) is 0 Å². The van der Waals surface area contributed by atoms with Crippen LogP contribution in [0.5, 0.6) is 5.75 Å². The Kier molecular flexibility index (Phi) is 6.99. The quantitative estimate of drug-likeness (QED) is 0.581. The summed E-state index contributed by atoms with van der Waals surface area (Å²) in [5.74, 6) is 0.618. The van der Waals surface area contributed by atoms with E-state index in [0.717, 1.165) is 13.1 Å². The smallest absolute Gasteiger partial charge is 0.491 e. The first-order valence-corrected chi connectivity index (χ1v) is 12.4. The molecule has 2 aromatic rings. The Morgan fingerprint density at radius 1 is 1.17 bits per heavy atom. The monoisotopic (exact) mass is 497 g/mol. The molecule has 0 bridgehead atoms. The molecule has 4 heterocycles. The van der Waals surface area contributed by atoms with Crippen molar-refractivity contribution < 1.29 is 23.6 Å². The highest BCUT2D eigenvalue weighted by Gasteiger charge is 2.52. The average molecular weight is 497 g/mol. The van der Waals surface area contributed by atoms with Crippen molar-refractivity contribution in [1.29, 1.82) is 5.26 Å². The molecule has 0 aromatic carbocycles. The molecule has 0 atom stereocenters. The summed E-state index contributed by atoms with van der Waals surface area (Å²) in [6.45, 7) is 17.5. The van der Waals surface area contributed by atoms with E-state index in [1.165, 1.54) is 6.20 Å². The zero-order chi connectivity index (χ0) is 26.3. The van der Waals surface area contributed by atoms with Crippen molar-refractivity contribution in [2.45, 2.75) is 65.3 Å². The van der Waals surface area contributed by atoms with Crippen LogP contribution < -0.4 is 10.2 Å². The van der Waals surface area contributed by atoms with E-state index in [4.69, 9.17) is 18.8 Å². The number of rotatable bonds is 5. The standard InChI is InChI=1S/C25H36BN5O5/c1-23(2,3)34-22(32)30-10-8-29(9-11-30)12-13-33-19-14-20(21-18(15-27)16-28-31(21)17-19)26-35-24(4,5)25(6,7)36-26/h14,16-17H,8-13H2,1-7H3. The number of ether oxygens (including phenoxy) is 2. The van der Waals surface area contributed by atoms with E-state index in [1.54, 1.807) is 15.6 Å². The van der Waals surface area contributed by atoms with E-state index >= 15 is 0 Å². The van der Waals surface area contributed by atoms with E-state index in [1.807, 2.05) is 54.5 Å². The largest absolute Gasteiger partial charge is 0.497 e. The highest BCUT2D eigenvalue weighted by Crippen LogP contribution is 2.37. The summed E-state index contributed by atoms with van der Waals surface area (Å²) in [7, 11) is -0.647. The Morgan fingerprint density at radius 3 is 2.39 bits per heavy atom. The summed E-state index contributed by atoms with van der Waals surface area (Å²) in [6, 6.07) is 4.08. The van der Waals surface area contributed by atoms with Gasteiger partial charge in [0.2, 0.25) is 0 Å². The fourth-order valence-corrected chi connectivity index (χ4v) is 4.21. The number of amides is 1. The molecular formula is C25H36BN5O5. The maximum absolute atomic E-state index is 12.3. The topological polar surface area (TPSA) is 102 Å². The first-order chi connectivity index (χ1) is 16.8. The normalized spacial score (nSPS) is 19.9. The highest BCUT2D eigenvalue weighted by molar-refractivity contribution is 6.64. The number of fused-ring (bicyclic) bond motifs is 1. The van der Waals surface area contributed by atoms with Crippen LogP contribution in [0.15, 0.2) is 18.5 Å². The maximum Gasteiger partial charge on any atom is 0.497 e. The van der Waals surface area contributed by atoms with Crippen LogP contribution in [0.2, 0.25) is 0 Å². The van der Waals surface area contributed by atoms with Gasteiger partial charge in [0.1, 0.15) is 24.0 Å². The predicted octanol–water partition coefficient (Wildman–Crippen LogP) is 2.44. The molecule has 0 unspecified atom stereocenters. The van der Waals surface area contributed by atoms with Crippen LogP contribution >= 0.6 is 0 Å². The molecule has 11 heteroatoms. The van der Waals surface area contributed by atoms with Crippen molar-refractivity contribution in [3.05, 3.63) is 24.0 Å². The van der Waals surface area contributed by atoms with Gasteiger partial charge in [-0.2, -0.15) is 10.4 Å². The number of nitrogens with zero attached hydrogens (tertiary/aromatic N) is 5. The van der Waals surface area contributed by atoms with Gasteiger partial charge in [-0.05, 0) is 54.5 Å². The fourth-order valence-electron chi connectivity index (χ4n) is 4.21. The van der Waals surface area contributed by atoms with Crippen LogP contribution in [0.4, 0.5) is 4.79 Å². The molecular weight excluding hydrogens is 461 g/mol. The maximum atomic E-state index is 12.3. The molecule has 0 N–H and O–H groups in total. The third-order valence-electron chi connectivity index (χ3n) is 6.94. The van der Waals surface area contributed by atoms with Crippen LogP contribution in [0.25, 0.3) is 5.52 Å². The molecule has 2 fully saturated rings. The Hall–Kier alpha value is -2.81. The van der Waals surface area contributed by atoms with Crippen molar-refractivity contribution in [1.82, 2.24) is 19.4 Å². The summed E-state index contributed by atoms with van der Waals surface area (Å²) in [5.41, 5.74) is 0.298. The zero-order valence-electron chi connectivity index (χ0n) is 22.3. The molecule has 2 saturated heterocycles. The minimum Gasteiger partial charge on any atom is -0.491 e. The Balaban J connectivity index is 1.41. The van der Waals surface area contributed by atoms with Crippen molar-refractivity contribution in [2.24, 2.45) is 0 Å². The first-order valence-electron chi connectivity index (χ1n) is 12.4. The van der Waals surface area contributed by atoms with Crippen LogP contribution in [0.3, 0.4) is 0 Å². The lowest BCUT2D eigenvalue weighted by atomic mass is 9.78. The first kappa shape index (κ1) is 26.3. The number of piperazine rings is 1. The molecule has 2 aliphatic rings. The summed E-state index contributed by atoms with van der Waals surface area (Å²) in [4.78, 5) is 16.3. The number of hydrogen-bond acceptors (Lipinski definition) is 8. The molecule has 194 valence electrons. The lowest BCUT2D eigenvalue weighted by Crippen LogP contribution is -2.50. The zero-order valence-corrected chi connectivity index (χ0v) is 22.3.